The van der Waals surface area contributed by atoms with Crippen molar-refractivity contribution in [2.45, 2.75) is 19.3 Å². The third kappa shape index (κ3) is 2.32. The zero-order valence-electron chi connectivity index (χ0n) is 8.90. The van der Waals surface area contributed by atoms with E-state index in [1.807, 2.05) is 0 Å². The molecule has 2 radical (unpaired) electrons. The highest BCUT2D eigenvalue weighted by atomic mass is 16.2. The van der Waals surface area contributed by atoms with Crippen LogP contribution in [0.5, 0.6) is 0 Å². The number of ketones is 1. The van der Waals surface area contributed by atoms with Gasteiger partial charge in [-0.2, -0.15) is 0 Å². The second-order valence-electron chi connectivity index (χ2n) is 4.03. The largest absolute Gasteiger partial charge is 0.325 e. The van der Waals surface area contributed by atoms with E-state index in [4.69, 9.17) is 7.85 Å². The van der Waals surface area contributed by atoms with E-state index in [0.29, 0.717) is 24.0 Å². The molecule has 1 atom stereocenters. The van der Waals surface area contributed by atoms with Gasteiger partial charge in [0.15, 0.2) is 0 Å². The number of hydrogen-bond acceptors (Lipinski definition) is 2. The molecule has 1 aromatic rings. The number of nitrogens with one attached hydrogen (secondary N) is 1. The van der Waals surface area contributed by atoms with E-state index in [0.717, 1.165) is 6.42 Å². The molecule has 1 fully saturated rings. The van der Waals surface area contributed by atoms with Crippen LogP contribution in [-0.2, 0) is 9.59 Å². The SMILES string of the molecule is [B]c1cccc(NC(=O)C2CCCC2=O)c1. The van der Waals surface area contributed by atoms with Gasteiger partial charge in [-0.15, -0.1) is 0 Å². The molecule has 1 unspecified atom stereocenters. The fraction of sp³-hybridized carbons (Fsp3) is 0.333. The Bertz CT molecular complexity index is 431. The summed E-state index contributed by atoms with van der Waals surface area (Å²) >= 11 is 0. The number of Topliss-reactive ketones (excluding diaryl/α,β-unsaturated/α-hetero) is 1. The lowest BCUT2D eigenvalue weighted by molar-refractivity contribution is -0.129. The zero-order valence-corrected chi connectivity index (χ0v) is 8.90. The minimum absolute atomic E-state index is 0.0430. The third-order valence-corrected chi connectivity index (χ3v) is 2.78. The lowest BCUT2D eigenvalue weighted by atomic mass is 9.96. The minimum atomic E-state index is -0.471. The Morgan fingerprint density at radius 2 is 2.25 bits per heavy atom. The number of hydrogen-bond donors (Lipinski definition) is 1. The molecule has 0 heterocycles. The van der Waals surface area contributed by atoms with E-state index >= 15 is 0 Å². The number of carbonyl (C=O) groups excluding carboxylic acids is 2. The Labute approximate surface area is 95.6 Å². The van der Waals surface area contributed by atoms with E-state index in [-0.39, 0.29) is 11.7 Å². The van der Waals surface area contributed by atoms with Crippen LogP contribution in [0.4, 0.5) is 5.69 Å². The molecule has 0 spiro atoms. The topological polar surface area (TPSA) is 46.2 Å². The molecule has 0 saturated heterocycles. The van der Waals surface area contributed by atoms with Crippen LogP contribution in [0, 0.1) is 5.92 Å². The molecule has 1 aliphatic rings. The van der Waals surface area contributed by atoms with Crippen LogP contribution >= 0.6 is 0 Å². The molecular formula is C12H12BNO2. The van der Waals surface area contributed by atoms with Gasteiger partial charge in [0.2, 0.25) is 5.91 Å². The highest BCUT2D eigenvalue weighted by Crippen LogP contribution is 2.22. The van der Waals surface area contributed by atoms with E-state index < -0.39 is 5.92 Å². The average molecular weight is 213 g/mol. The molecule has 2 rings (SSSR count). The fourth-order valence-electron chi connectivity index (χ4n) is 1.94. The zero-order chi connectivity index (χ0) is 11.5. The molecule has 80 valence electrons. The molecule has 1 N–H and O–H groups in total. The maximum absolute atomic E-state index is 11.8. The van der Waals surface area contributed by atoms with Crippen molar-refractivity contribution in [1.29, 1.82) is 0 Å². The minimum Gasteiger partial charge on any atom is -0.325 e. The lowest BCUT2D eigenvalue weighted by Crippen LogP contribution is -2.26. The van der Waals surface area contributed by atoms with Crippen molar-refractivity contribution in [2.75, 3.05) is 5.32 Å². The van der Waals surface area contributed by atoms with E-state index in [2.05, 4.69) is 5.32 Å². The molecule has 16 heavy (non-hydrogen) atoms. The third-order valence-electron chi connectivity index (χ3n) is 2.78. The molecule has 1 amide bonds. The van der Waals surface area contributed by atoms with Gasteiger partial charge >= 0.3 is 0 Å². The molecule has 4 heteroatoms. The smallest absolute Gasteiger partial charge is 0.234 e. The summed E-state index contributed by atoms with van der Waals surface area (Å²) in [6.07, 6.45) is 2.00. The Morgan fingerprint density at radius 3 is 2.88 bits per heavy atom. The number of amides is 1. The van der Waals surface area contributed by atoms with Gasteiger partial charge in [-0.05, 0) is 25.0 Å². The first-order chi connectivity index (χ1) is 7.66. The summed E-state index contributed by atoms with van der Waals surface area (Å²) in [5.41, 5.74) is 1.24. The van der Waals surface area contributed by atoms with Crippen molar-refractivity contribution in [3.05, 3.63) is 24.3 Å². The molecule has 1 aromatic carbocycles. The maximum atomic E-state index is 11.8. The van der Waals surface area contributed by atoms with Crippen LogP contribution in [0.1, 0.15) is 19.3 Å². The van der Waals surface area contributed by atoms with Gasteiger partial charge in [-0.25, -0.2) is 0 Å². The van der Waals surface area contributed by atoms with Crippen LogP contribution in [0.15, 0.2) is 24.3 Å². The number of benzene rings is 1. The summed E-state index contributed by atoms with van der Waals surface area (Å²) in [6.45, 7) is 0. The van der Waals surface area contributed by atoms with Crippen molar-refractivity contribution in [3.63, 3.8) is 0 Å². The van der Waals surface area contributed by atoms with Crippen LogP contribution < -0.4 is 10.8 Å². The molecule has 0 aromatic heterocycles. The first kappa shape index (κ1) is 10.9. The van der Waals surface area contributed by atoms with Crippen LogP contribution in [0.2, 0.25) is 0 Å². The maximum Gasteiger partial charge on any atom is 0.234 e. The standard InChI is InChI=1S/C12H12BNO2/c13-8-3-1-4-9(7-8)14-12(16)10-5-2-6-11(10)15/h1,3-4,7,10H,2,5-6H2,(H,14,16). The fourth-order valence-corrected chi connectivity index (χ4v) is 1.94. The van der Waals surface area contributed by atoms with Gasteiger partial charge in [0.1, 0.15) is 13.6 Å². The van der Waals surface area contributed by atoms with Crippen molar-refractivity contribution in [2.24, 2.45) is 5.92 Å². The molecule has 0 aliphatic heterocycles. The second kappa shape index (κ2) is 4.52. The van der Waals surface area contributed by atoms with Gasteiger partial charge in [0, 0.05) is 12.1 Å². The van der Waals surface area contributed by atoms with E-state index in [1.54, 1.807) is 24.3 Å². The highest BCUT2D eigenvalue weighted by molar-refractivity contribution is 6.32. The monoisotopic (exact) mass is 213 g/mol. The Hall–Kier alpha value is -1.58. The summed E-state index contributed by atoms with van der Waals surface area (Å²) in [5.74, 6) is -0.643. The van der Waals surface area contributed by atoms with Gasteiger partial charge in [0.05, 0.1) is 5.92 Å². The van der Waals surface area contributed by atoms with Gasteiger partial charge in [-0.3, -0.25) is 9.59 Å². The molecule has 1 aliphatic carbocycles. The summed E-state index contributed by atoms with van der Waals surface area (Å²) < 4.78 is 0. The van der Waals surface area contributed by atoms with Crippen molar-refractivity contribution in [3.8, 4) is 0 Å². The highest BCUT2D eigenvalue weighted by Gasteiger charge is 2.30. The van der Waals surface area contributed by atoms with Crippen molar-refractivity contribution >= 4 is 30.7 Å². The number of carbonyl (C=O) groups is 2. The normalized spacial score (nSPS) is 19.8. The van der Waals surface area contributed by atoms with Crippen molar-refractivity contribution < 1.29 is 9.59 Å². The summed E-state index contributed by atoms with van der Waals surface area (Å²) in [4.78, 5) is 23.2. The van der Waals surface area contributed by atoms with E-state index in [9.17, 15) is 9.59 Å². The molecule has 0 bridgehead atoms. The van der Waals surface area contributed by atoms with Crippen molar-refractivity contribution in [1.82, 2.24) is 0 Å². The Kier molecular flexibility index (Phi) is 3.08. The number of anilines is 1. The summed E-state index contributed by atoms with van der Waals surface area (Å²) in [7, 11) is 5.60. The second-order valence-corrected chi connectivity index (χ2v) is 4.03. The van der Waals surface area contributed by atoms with Gasteiger partial charge in [-0.1, -0.05) is 17.6 Å². The van der Waals surface area contributed by atoms with E-state index in [1.165, 1.54) is 0 Å². The van der Waals surface area contributed by atoms with Crippen LogP contribution in [0.3, 0.4) is 0 Å². The molecule has 1 saturated carbocycles. The average Bonchev–Trinajstić information content (AvgIpc) is 2.64. The number of rotatable bonds is 2. The van der Waals surface area contributed by atoms with Crippen LogP contribution in [0.25, 0.3) is 0 Å². The summed E-state index contributed by atoms with van der Waals surface area (Å²) in [6, 6.07) is 6.95. The predicted octanol–water partition coefficient (Wildman–Crippen LogP) is 0.788. The Balaban J connectivity index is 2.04. The predicted molar refractivity (Wildman–Crippen MR) is 62.8 cm³/mol. The Morgan fingerprint density at radius 1 is 1.44 bits per heavy atom. The quantitative estimate of drug-likeness (QED) is 0.583. The summed E-state index contributed by atoms with van der Waals surface area (Å²) in [5, 5.41) is 2.72. The van der Waals surface area contributed by atoms with Crippen LogP contribution in [-0.4, -0.2) is 19.5 Å². The van der Waals surface area contributed by atoms with Gasteiger partial charge in [0.25, 0.3) is 0 Å². The molecule has 3 nitrogen and oxygen atoms in total. The molecular weight excluding hydrogens is 201 g/mol. The first-order valence-electron chi connectivity index (χ1n) is 5.36. The first-order valence-corrected chi connectivity index (χ1v) is 5.36. The lowest BCUT2D eigenvalue weighted by Gasteiger charge is -2.09. The van der Waals surface area contributed by atoms with Gasteiger partial charge < -0.3 is 5.32 Å².